The molecule has 5 N–H and O–H groups in total. The summed E-state index contributed by atoms with van der Waals surface area (Å²) < 4.78 is 5.28. The molecule has 7 heteroatoms. The fourth-order valence-electron chi connectivity index (χ4n) is 3.56. The Morgan fingerprint density at radius 1 is 0.839 bits per heavy atom. The van der Waals surface area contributed by atoms with Crippen molar-refractivity contribution in [2.24, 2.45) is 0 Å². The Labute approximate surface area is 187 Å². The first kappa shape index (κ1) is 27.8. The summed E-state index contributed by atoms with van der Waals surface area (Å²) in [6, 6.07) is 0. The van der Waals surface area contributed by atoms with Crippen molar-refractivity contribution in [2.45, 2.75) is 115 Å². The number of ether oxygens (including phenoxy) is 1. The van der Waals surface area contributed by atoms with Crippen LogP contribution in [-0.4, -0.2) is 63.6 Å². The van der Waals surface area contributed by atoms with Gasteiger partial charge >= 0.3 is 0 Å². The van der Waals surface area contributed by atoms with Crippen LogP contribution < -0.4 is 5.32 Å². The average molecular weight is 442 g/mol. The van der Waals surface area contributed by atoms with Crippen LogP contribution >= 0.6 is 0 Å². The summed E-state index contributed by atoms with van der Waals surface area (Å²) in [5, 5.41) is 41.1. The lowest BCUT2D eigenvalue weighted by molar-refractivity contribution is -0.236. The van der Waals surface area contributed by atoms with Crippen LogP contribution in [0.3, 0.4) is 0 Å². The molecule has 0 saturated carbocycles. The van der Waals surface area contributed by atoms with E-state index in [1.165, 1.54) is 25.7 Å². The molecule has 1 rings (SSSR count). The van der Waals surface area contributed by atoms with E-state index in [1.54, 1.807) is 0 Å². The zero-order valence-electron chi connectivity index (χ0n) is 19.0. The maximum Gasteiger partial charge on any atom is 0.222 e. The minimum absolute atomic E-state index is 0.277. The van der Waals surface area contributed by atoms with Crippen molar-refractivity contribution in [1.82, 2.24) is 5.32 Å². The second kappa shape index (κ2) is 17.3. The molecule has 0 bridgehead atoms. The third kappa shape index (κ3) is 11.8. The van der Waals surface area contributed by atoms with Gasteiger partial charge in [-0.25, -0.2) is 0 Å². The highest BCUT2D eigenvalue weighted by atomic mass is 16.6. The second-order valence-electron chi connectivity index (χ2n) is 8.30. The molecule has 0 aromatic carbocycles. The Hall–Kier alpha value is -1.25. The first-order valence-corrected chi connectivity index (χ1v) is 11.9. The standard InChI is InChI=1S/C24H43NO6/c1-2-3-4-5-6-7-8-9-10-11-12-13-14-15-16-17-20(27)25-24-23(30)22(29)21(28)19(18-26)31-24/h4-5,7-8,19,21-24,26,28-30H,2-3,6,9-18H2,1H3,(H,25,27)/t19-,21-,22+,23-,24-/m1/s1. The highest BCUT2D eigenvalue weighted by Gasteiger charge is 2.43. The van der Waals surface area contributed by atoms with E-state index in [0.717, 1.165) is 44.9 Å². The topological polar surface area (TPSA) is 119 Å². The van der Waals surface area contributed by atoms with Crippen LogP contribution in [0.4, 0.5) is 0 Å². The third-order valence-corrected chi connectivity index (χ3v) is 5.53. The summed E-state index contributed by atoms with van der Waals surface area (Å²) in [5.41, 5.74) is 0. The van der Waals surface area contributed by atoms with Crippen LogP contribution in [0.1, 0.15) is 84.0 Å². The Morgan fingerprint density at radius 3 is 2.10 bits per heavy atom. The van der Waals surface area contributed by atoms with Gasteiger partial charge in [0.15, 0.2) is 6.23 Å². The van der Waals surface area contributed by atoms with Gasteiger partial charge in [0.25, 0.3) is 0 Å². The number of amides is 1. The molecule has 0 aromatic heterocycles. The smallest absolute Gasteiger partial charge is 0.222 e. The lowest BCUT2D eigenvalue weighted by Crippen LogP contribution is -2.63. The largest absolute Gasteiger partial charge is 0.394 e. The van der Waals surface area contributed by atoms with Gasteiger partial charge in [-0.15, -0.1) is 0 Å². The monoisotopic (exact) mass is 441 g/mol. The van der Waals surface area contributed by atoms with Crippen LogP contribution in [-0.2, 0) is 9.53 Å². The normalized spacial score (nSPS) is 26.7. The predicted molar refractivity (Wildman–Crippen MR) is 121 cm³/mol. The van der Waals surface area contributed by atoms with Gasteiger partial charge in [0.05, 0.1) is 6.61 Å². The summed E-state index contributed by atoms with van der Waals surface area (Å²) in [6.45, 7) is 1.68. The molecular weight excluding hydrogens is 398 g/mol. The summed E-state index contributed by atoms with van der Waals surface area (Å²) in [7, 11) is 0. The predicted octanol–water partition coefficient (Wildman–Crippen LogP) is 2.72. The van der Waals surface area contributed by atoms with Crippen molar-refractivity contribution >= 4 is 5.91 Å². The molecule has 1 aliphatic heterocycles. The van der Waals surface area contributed by atoms with Crippen molar-refractivity contribution in [3.05, 3.63) is 24.3 Å². The molecule has 0 spiro atoms. The molecular formula is C24H43NO6. The number of carbonyl (C=O) groups excluding carboxylic acids is 1. The maximum absolute atomic E-state index is 12.1. The lowest BCUT2D eigenvalue weighted by Gasteiger charge is -2.40. The van der Waals surface area contributed by atoms with Gasteiger partial charge in [0.1, 0.15) is 24.4 Å². The van der Waals surface area contributed by atoms with Gasteiger partial charge < -0.3 is 30.5 Å². The Balaban J connectivity index is 2.01. The van der Waals surface area contributed by atoms with Crippen molar-refractivity contribution < 1.29 is 30.0 Å². The number of rotatable bonds is 16. The molecule has 1 saturated heterocycles. The molecule has 0 aliphatic carbocycles. The highest BCUT2D eigenvalue weighted by molar-refractivity contribution is 5.76. The second-order valence-corrected chi connectivity index (χ2v) is 8.30. The van der Waals surface area contributed by atoms with Gasteiger partial charge in [-0.2, -0.15) is 0 Å². The summed E-state index contributed by atoms with van der Waals surface area (Å²) >= 11 is 0. The molecule has 0 unspecified atom stereocenters. The molecule has 1 aliphatic rings. The van der Waals surface area contributed by atoms with E-state index in [2.05, 4.69) is 36.5 Å². The van der Waals surface area contributed by atoms with E-state index in [-0.39, 0.29) is 5.91 Å². The summed E-state index contributed by atoms with van der Waals surface area (Å²) in [4.78, 5) is 12.1. The van der Waals surface area contributed by atoms with Crippen molar-refractivity contribution in [3.8, 4) is 0 Å². The molecule has 1 fully saturated rings. The lowest BCUT2D eigenvalue weighted by atomic mass is 9.98. The zero-order chi connectivity index (χ0) is 22.9. The minimum Gasteiger partial charge on any atom is -0.394 e. The molecule has 1 heterocycles. The van der Waals surface area contributed by atoms with Crippen LogP contribution in [0.25, 0.3) is 0 Å². The summed E-state index contributed by atoms with van der Waals surface area (Å²) in [5.74, 6) is -0.277. The van der Waals surface area contributed by atoms with Crippen LogP contribution in [0.2, 0.25) is 0 Å². The number of hydrogen-bond donors (Lipinski definition) is 5. The SMILES string of the molecule is CCCC=CCC=CCCCCCCCCCC(=O)N[C@@H]1O[C@H](CO)[C@@H](O)[C@H](O)[C@H]1O. The first-order valence-electron chi connectivity index (χ1n) is 11.9. The van der Waals surface area contributed by atoms with E-state index in [0.29, 0.717) is 6.42 Å². The van der Waals surface area contributed by atoms with Crippen LogP contribution in [0.15, 0.2) is 24.3 Å². The number of hydrogen-bond acceptors (Lipinski definition) is 6. The molecule has 0 radical (unpaired) electrons. The molecule has 180 valence electrons. The quantitative estimate of drug-likeness (QED) is 0.186. The average Bonchev–Trinajstić information content (AvgIpc) is 2.76. The van der Waals surface area contributed by atoms with Crippen molar-refractivity contribution in [3.63, 3.8) is 0 Å². The van der Waals surface area contributed by atoms with Gasteiger partial charge in [0, 0.05) is 6.42 Å². The van der Waals surface area contributed by atoms with Gasteiger partial charge in [-0.05, 0) is 32.1 Å². The number of aliphatic hydroxyl groups excluding tert-OH is 4. The highest BCUT2D eigenvalue weighted by Crippen LogP contribution is 2.20. The number of carbonyl (C=O) groups is 1. The van der Waals surface area contributed by atoms with E-state index in [4.69, 9.17) is 4.74 Å². The summed E-state index contributed by atoms with van der Waals surface area (Å²) in [6.07, 6.45) is 15.0. The molecule has 0 aromatic rings. The number of unbranched alkanes of at least 4 members (excludes halogenated alkanes) is 8. The number of nitrogens with one attached hydrogen (secondary N) is 1. The fourth-order valence-corrected chi connectivity index (χ4v) is 3.56. The van der Waals surface area contributed by atoms with E-state index in [1.807, 2.05) is 0 Å². The fraction of sp³-hybridized carbons (Fsp3) is 0.792. The molecule has 5 atom stereocenters. The van der Waals surface area contributed by atoms with Gasteiger partial charge in [-0.1, -0.05) is 69.8 Å². The number of aliphatic hydroxyl groups is 4. The van der Waals surface area contributed by atoms with E-state index in [9.17, 15) is 25.2 Å². The number of allylic oxidation sites excluding steroid dienone is 4. The molecule has 7 nitrogen and oxygen atoms in total. The minimum atomic E-state index is -1.48. The zero-order valence-corrected chi connectivity index (χ0v) is 19.0. The first-order chi connectivity index (χ1) is 15.0. The van der Waals surface area contributed by atoms with Crippen LogP contribution in [0.5, 0.6) is 0 Å². The van der Waals surface area contributed by atoms with Crippen LogP contribution in [0, 0.1) is 0 Å². The van der Waals surface area contributed by atoms with Gasteiger partial charge in [-0.3, -0.25) is 4.79 Å². The Kier molecular flexibility index (Phi) is 15.5. The van der Waals surface area contributed by atoms with E-state index >= 15 is 0 Å². The van der Waals surface area contributed by atoms with Gasteiger partial charge in [0.2, 0.25) is 5.91 Å². The third-order valence-electron chi connectivity index (χ3n) is 5.53. The Bertz CT molecular complexity index is 522. The molecule has 31 heavy (non-hydrogen) atoms. The maximum atomic E-state index is 12.1. The van der Waals surface area contributed by atoms with Crippen molar-refractivity contribution in [2.75, 3.05) is 6.61 Å². The Morgan fingerprint density at radius 2 is 1.45 bits per heavy atom. The van der Waals surface area contributed by atoms with E-state index < -0.39 is 37.3 Å². The molecule has 1 amide bonds. The van der Waals surface area contributed by atoms with Crippen molar-refractivity contribution in [1.29, 1.82) is 0 Å².